The minimum Gasteiger partial charge on any atom is -0.311 e. The van der Waals surface area contributed by atoms with Gasteiger partial charge in [0.15, 0.2) is 0 Å². The molecule has 0 N–H and O–H groups in total. The summed E-state index contributed by atoms with van der Waals surface area (Å²) in [6.45, 7) is 2.33. The second-order valence-electron chi connectivity index (χ2n) is 9.01. The van der Waals surface area contributed by atoms with E-state index in [0.29, 0.717) is 13.0 Å². The number of para-hydroxylation sites is 1. The van der Waals surface area contributed by atoms with Gasteiger partial charge in [-0.1, -0.05) is 18.2 Å². The van der Waals surface area contributed by atoms with E-state index in [1.165, 1.54) is 7.05 Å². The molecule has 0 saturated heterocycles. The normalized spacial score (nSPS) is 19.9. The fourth-order valence-corrected chi connectivity index (χ4v) is 5.94. The molecule has 32 heavy (non-hydrogen) atoms. The molecule has 2 heterocycles. The molecule has 2 aromatic carbocycles. The number of anilines is 2. The number of carbonyl (C=O) groups is 2. The van der Waals surface area contributed by atoms with Crippen molar-refractivity contribution in [3.8, 4) is 0 Å². The van der Waals surface area contributed by atoms with Gasteiger partial charge in [0.05, 0.1) is 11.4 Å². The molecule has 1 saturated carbocycles. The van der Waals surface area contributed by atoms with Crippen molar-refractivity contribution in [3.05, 3.63) is 53.6 Å². The Labute approximate surface area is 188 Å². The van der Waals surface area contributed by atoms with Crippen LogP contribution in [0.5, 0.6) is 0 Å². The molecule has 5 rings (SSSR count). The molecule has 0 bridgehead atoms. The smallest absolute Gasteiger partial charge is 0.243 e. The predicted molar refractivity (Wildman–Crippen MR) is 122 cm³/mol. The number of likely N-dealkylation sites (N-methyl/N-ethyl adjacent to an activating group) is 1. The van der Waals surface area contributed by atoms with Crippen LogP contribution in [0.4, 0.5) is 11.4 Å². The summed E-state index contributed by atoms with van der Waals surface area (Å²) in [6, 6.07) is 12.7. The molecule has 2 aromatic rings. The highest BCUT2D eigenvalue weighted by Crippen LogP contribution is 2.39. The lowest BCUT2D eigenvalue weighted by Gasteiger charge is -2.23. The molecule has 1 atom stereocenters. The summed E-state index contributed by atoms with van der Waals surface area (Å²) in [5.74, 6) is 0.0113. The van der Waals surface area contributed by atoms with Crippen molar-refractivity contribution < 1.29 is 18.0 Å². The molecule has 2 aliphatic heterocycles. The van der Waals surface area contributed by atoms with Crippen molar-refractivity contribution in [2.45, 2.75) is 43.5 Å². The molecule has 0 aromatic heterocycles. The number of amides is 2. The molecule has 8 heteroatoms. The van der Waals surface area contributed by atoms with Gasteiger partial charge in [-0.25, -0.2) is 8.42 Å². The average Bonchev–Trinajstić information content (AvgIpc) is 3.44. The van der Waals surface area contributed by atoms with Gasteiger partial charge in [-0.2, -0.15) is 4.31 Å². The van der Waals surface area contributed by atoms with Gasteiger partial charge in [-0.3, -0.25) is 9.59 Å². The maximum atomic E-state index is 13.2. The lowest BCUT2D eigenvalue weighted by Crippen LogP contribution is -2.40. The van der Waals surface area contributed by atoms with Gasteiger partial charge in [0.1, 0.15) is 0 Å². The van der Waals surface area contributed by atoms with Gasteiger partial charge < -0.3 is 9.80 Å². The molecule has 1 fully saturated rings. The third-order valence-electron chi connectivity index (χ3n) is 6.68. The minimum absolute atomic E-state index is 0.0191. The van der Waals surface area contributed by atoms with E-state index in [1.807, 2.05) is 36.1 Å². The molecule has 2 amide bonds. The molecule has 3 aliphatic rings. The highest BCUT2D eigenvalue weighted by Gasteiger charge is 2.40. The maximum Gasteiger partial charge on any atom is 0.243 e. The van der Waals surface area contributed by atoms with E-state index >= 15 is 0 Å². The van der Waals surface area contributed by atoms with Crippen LogP contribution in [-0.4, -0.2) is 50.7 Å². The van der Waals surface area contributed by atoms with Crippen molar-refractivity contribution in [3.63, 3.8) is 0 Å². The number of benzene rings is 2. The Morgan fingerprint density at radius 2 is 1.81 bits per heavy atom. The highest BCUT2D eigenvalue weighted by atomic mass is 32.2. The number of carbonyl (C=O) groups excluding carboxylic acids is 2. The van der Waals surface area contributed by atoms with Crippen LogP contribution < -0.4 is 9.80 Å². The first-order chi connectivity index (χ1) is 15.3. The van der Waals surface area contributed by atoms with Gasteiger partial charge in [0.2, 0.25) is 21.8 Å². The van der Waals surface area contributed by atoms with Gasteiger partial charge in [0.25, 0.3) is 0 Å². The summed E-state index contributed by atoms with van der Waals surface area (Å²) in [6.07, 6.45) is 3.27. The Morgan fingerprint density at radius 1 is 1.06 bits per heavy atom. The topological polar surface area (TPSA) is 78.0 Å². The number of hydrogen-bond donors (Lipinski definition) is 0. The molecular weight excluding hydrogens is 426 g/mol. The van der Waals surface area contributed by atoms with Gasteiger partial charge in [-0.05, 0) is 68.0 Å². The Balaban J connectivity index is 1.34. The Kier molecular flexibility index (Phi) is 5.09. The van der Waals surface area contributed by atoms with Crippen molar-refractivity contribution >= 4 is 33.2 Å². The zero-order chi connectivity index (χ0) is 22.6. The quantitative estimate of drug-likeness (QED) is 0.697. The third kappa shape index (κ3) is 3.51. The first-order valence-corrected chi connectivity index (χ1v) is 12.5. The molecular formula is C24H27N3O4S. The number of hydrogen-bond acceptors (Lipinski definition) is 4. The summed E-state index contributed by atoms with van der Waals surface area (Å²) in [5, 5.41) is 0. The van der Waals surface area contributed by atoms with E-state index in [2.05, 4.69) is 0 Å². The lowest BCUT2D eigenvalue weighted by molar-refractivity contribution is -0.120. The molecule has 168 valence electrons. The lowest BCUT2D eigenvalue weighted by atomic mass is 10.1. The van der Waals surface area contributed by atoms with Crippen LogP contribution in [0.3, 0.4) is 0 Å². The monoisotopic (exact) mass is 453 g/mol. The molecule has 7 nitrogen and oxygen atoms in total. The van der Waals surface area contributed by atoms with Crippen LogP contribution in [-0.2, 0) is 32.5 Å². The third-order valence-corrected chi connectivity index (χ3v) is 8.48. The Morgan fingerprint density at radius 3 is 2.56 bits per heavy atom. The van der Waals surface area contributed by atoms with E-state index < -0.39 is 10.0 Å². The number of rotatable bonds is 5. The predicted octanol–water partition coefficient (Wildman–Crippen LogP) is 2.58. The molecule has 1 aliphatic carbocycles. The average molecular weight is 454 g/mol. The number of sulfonamides is 1. The molecule has 0 unspecified atom stereocenters. The number of fused-ring (bicyclic) bond motifs is 2. The van der Waals surface area contributed by atoms with Crippen LogP contribution >= 0.6 is 0 Å². The largest absolute Gasteiger partial charge is 0.311 e. The fourth-order valence-electron chi connectivity index (χ4n) is 4.77. The number of nitrogens with zero attached hydrogens (tertiary/aromatic N) is 3. The standard InChI is InChI=1S/C24H27N3O4S/c1-16-13-19-14-20(9-10-22(19)27(16)24(29)18-7-8-18)32(30,31)25(2)15-23(28)26-12-11-17-5-3-4-6-21(17)26/h3-6,9-10,14,16,18H,7-8,11-13,15H2,1-2H3/t16-/m0/s1. The van der Waals surface area contributed by atoms with E-state index in [4.69, 9.17) is 0 Å². The zero-order valence-corrected chi connectivity index (χ0v) is 19.1. The van der Waals surface area contributed by atoms with Gasteiger partial charge in [-0.15, -0.1) is 0 Å². The fraction of sp³-hybridized carbons (Fsp3) is 0.417. The van der Waals surface area contributed by atoms with Crippen molar-refractivity contribution in [2.75, 3.05) is 29.9 Å². The van der Waals surface area contributed by atoms with Gasteiger partial charge >= 0.3 is 0 Å². The van der Waals surface area contributed by atoms with Gasteiger partial charge in [0, 0.05) is 36.9 Å². The second kappa shape index (κ2) is 7.71. The van der Waals surface area contributed by atoms with Crippen LogP contribution in [0.2, 0.25) is 0 Å². The summed E-state index contributed by atoms with van der Waals surface area (Å²) >= 11 is 0. The van der Waals surface area contributed by atoms with Crippen molar-refractivity contribution in [1.82, 2.24) is 4.31 Å². The Bertz CT molecular complexity index is 1210. The molecule has 0 radical (unpaired) electrons. The van der Waals surface area contributed by atoms with Crippen LogP contribution in [0.1, 0.15) is 30.9 Å². The van der Waals surface area contributed by atoms with E-state index in [9.17, 15) is 18.0 Å². The first-order valence-electron chi connectivity index (χ1n) is 11.1. The highest BCUT2D eigenvalue weighted by molar-refractivity contribution is 7.89. The second-order valence-corrected chi connectivity index (χ2v) is 11.1. The minimum atomic E-state index is -3.84. The summed E-state index contributed by atoms with van der Waals surface area (Å²) < 4.78 is 27.6. The summed E-state index contributed by atoms with van der Waals surface area (Å²) in [7, 11) is -2.40. The van der Waals surface area contributed by atoms with Crippen LogP contribution in [0.15, 0.2) is 47.4 Å². The molecule has 0 spiro atoms. The van der Waals surface area contributed by atoms with Crippen molar-refractivity contribution in [2.24, 2.45) is 5.92 Å². The van der Waals surface area contributed by atoms with E-state index in [1.54, 1.807) is 23.1 Å². The van der Waals surface area contributed by atoms with Crippen LogP contribution in [0, 0.1) is 5.92 Å². The SMILES string of the molecule is C[C@H]1Cc2cc(S(=O)(=O)N(C)CC(=O)N3CCc4ccccc43)ccc2N1C(=O)C1CC1. The van der Waals surface area contributed by atoms with Crippen LogP contribution in [0.25, 0.3) is 0 Å². The maximum absolute atomic E-state index is 13.2. The summed E-state index contributed by atoms with van der Waals surface area (Å²) in [4.78, 5) is 29.2. The van der Waals surface area contributed by atoms with E-state index in [-0.39, 0.29) is 35.2 Å². The van der Waals surface area contributed by atoms with E-state index in [0.717, 1.165) is 46.1 Å². The first kappa shape index (κ1) is 21.2. The zero-order valence-electron chi connectivity index (χ0n) is 18.3. The Hall–Kier alpha value is -2.71. The van der Waals surface area contributed by atoms with Crippen molar-refractivity contribution in [1.29, 1.82) is 0 Å². The summed E-state index contributed by atoms with van der Waals surface area (Å²) in [5.41, 5.74) is 3.63.